The van der Waals surface area contributed by atoms with Gasteiger partial charge in [-0.15, -0.1) is 11.3 Å². The van der Waals surface area contributed by atoms with Gasteiger partial charge >= 0.3 is 0 Å². The maximum atomic E-state index is 10.7. The molecule has 0 saturated carbocycles. The number of rotatable bonds is 2. The van der Waals surface area contributed by atoms with Crippen LogP contribution in [-0.2, 0) is 11.0 Å². The number of benzene rings is 1. The number of fused-ring (bicyclic) bond motifs is 2. The fraction of sp³-hybridized carbons (Fsp3) is 0.348. The monoisotopic (exact) mass is 466 g/mol. The largest absolute Gasteiger partial charge is 0.371 e. The molecule has 2 aromatic heterocycles. The quantitative estimate of drug-likeness (QED) is 0.498. The Morgan fingerprint density at radius 2 is 2.25 bits per heavy atom. The number of halogens is 1. The molecule has 2 aliphatic rings. The smallest absolute Gasteiger partial charge is 0.222 e. The molecule has 3 atom stereocenters. The van der Waals surface area contributed by atoms with Gasteiger partial charge in [0.2, 0.25) is 5.95 Å². The van der Waals surface area contributed by atoms with Crippen LogP contribution in [0.5, 0.6) is 0 Å². The molecule has 5 rings (SSSR count). The topological polar surface area (TPSA) is 100 Å². The zero-order valence-electron chi connectivity index (χ0n) is 17.8. The SMILES string of the molecule is C[C@H]1N(c2nc(N)ncc2Cl)c2cc(C#C[C@](C)(O)c3nccs3)ccc2[C@@]12CCNC2. The van der Waals surface area contributed by atoms with Gasteiger partial charge in [-0.3, -0.25) is 0 Å². The second-order valence-electron chi connectivity index (χ2n) is 8.42. The normalized spacial score (nSPS) is 23.6. The van der Waals surface area contributed by atoms with E-state index in [0.29, 0.717) is 15.8 Å². The molecule has 9 heteroatoms. The number of aliphatic hydroxyl groups is 1. The van der Waals surface area contributed by atoms with Gasteiger partial charge in [-0.05, 0) is 44.5 Å². The summed E-state index contributed by atoms with van der Waals surface area (Å²) in [6, 6.07) is 6.30. The molecule has 1 fully saturated rings. The first-order chi connectivity index (χ1) is 15.3. The lowest BCUT2D eigenvalue weighted by Crippen LogP contribution is -2.42. The van der Waals surface area contributed by atoms with E-state index in [1.54, 1.807) is 19.3 Å². The van der Waals surface area contributed by atoms with Crippen molar-refractivity contribution >= 4 is 40.4 Å². The number of anilines is 3. The number of thiazole rings is 1. The number of nitrogen functional groups attached to an aromatic ring is 1. The van der Waals surface area contributed by atoms with Gasteiger partial charge in [0.05, 0.1) is 6.20 Å². The molecule has 1 aromatic carbocycles. The predicted molar refractivity (Wildman–Crippen MR) is 127 cm³/mol. The Balaban J connectivity index is 1.62. The van der Waals surface area contributed by atoms with E-state index in [-0.39, 0.29) is 17.4 Å². The minimum Gasteiger partial charge on any atom is -0.371 e. The summed E-state index contributed by atoms with van der Waals surface area (Å²) < 4.78 is 0. The first-order valence-electron chi connectivity index (χ1n) is 10.4. The molecule has 4 heterocycles. The van der Waals surface area contributed by atoms with Gasteiger partial charge < -0.3 is 21.1 Å². The van der Waals surface area contributed by atoms with Gasteiger partial charge in [0, 0.05) is 40.8 Å². The van der Waals surface area contributed by atoms with E-state index in [1.807, 2.05) is 17.5 Å². The lowest BCUT2D eigenvalue weighted by molar-refractivity contribution is 0.122. The number of hydrogen-bond acceptors (Lipinski definition) is 8. The van der Waals surface area contributed by atoms with E-state index in [2.05, 4.69) is 50.0 Å². The number of hydrogen-bond donors (Lipinski definition) is 3. The summed E-state index contributed by atoms with van der Waals surface area (Å²) >= 11 is 7.90. The molecule has 0 aliphatic carbocycles. The molecule has 4 N–H and O–H groups in total. The van der Waals surface area contributed by atoms with Crippen LogP contribution in [0.25, 0.3) is 0 Å². The summed E-state index contributed by atoms with van der Waals surface area (Å²) in [6.07, 6.45) is 4.22. The van der Waals surface area contributed by atoms with E-state index in [9.17, 15) is 5.11 Å². The van der Waals surface area contributed by atoms with Gasteiger partial charge in [0.15, 0.2) is 11.4 Å². The molecule has 32 heavy (non-hydrogen) atoms. The summed E-state index contributed by atoms with van der Waals surface area (Å²) in [5.41, 5.74) is 7.55. The van der Waals surface area contributed by atoms with Crippen LogP contribution < -0.4 is 16.0 Å². The van der Waals surface area contributed by atoms with Crippen LogP contribution >= 0.6 is 22.9 Å². The van der Waals surface area contributed by atoms with Crippen LogP contribution in [0.4, 0.5) is 17.5 Å². The molecule has 7 nitrogen and oxygen atoms in total. The zero-order valence-corrected chi connectivity index (χ0v) is 19.3. The van der Waals surface area contributed by atoms with Gasteiger partial charge in [-0.1, -0.05) is 29.5 Å². The van der Waals surface area contributed by atoms with Crippen LogP contribution in [-0.4, -0.2) is 39.2 Å². The summed E-state index contributed by atoms with van der Waals surface area (Å²) in [4.78, 5) is 14.8. The molecular weight excluding hydrogens is 444 g/mol. The molecule has 0 bridgehead atoms. The van der Waals surface area contributed by atoms with E-state index >= 15 is 0 Å². The van der Waals surface area contributed by atoms with Gasteiger partial charge in [0.25, 0.3) is 0 Å². The summed E-state index contributed by atoms with van der Waals surface area (Å²) in [5.74, 6) is 6.87. The summed E-state index contributed by atoms with van der Waals surface area (Å²) in [7, 11) is 0. The van der Waals surface area contributed by atoms with Crippen LogP contribution in [0, 0.1) is 11.8 Å². The molecule has 0 amide bonds. The Morgan fingerprint density at radius 1 is 1.41 bits per heavy atom. The van der Waals surface area contributed by atoms with Gasteiger partial charge in [0.1, 0.15) is 10.0 Å². The van der Waals surface area contributed by atoms with Crippen molar-refractivity contribution in [2.24, 2.45) is 0 Å². The third kappa shape index (κ3) is 3.33. The van der Waals surface area contributed by atoms with Crippen LogP contribution in [0.2, 0.25) is 5.02 Å². The second-order valence-corrected chi connectivity index (χ2v) is 9.72. The van der Waals surface area contributed by atoms with Crippen LogP contribution in [0.1, 0.15) is 36.4 Å². The molecule has 1 saturated heterocycles. The zero-order chi connectivity index (χ0) is 22.5. The van der Waals surface area contributed by atoms with Crippen molar-refractivity contribution in [3.05, 3.63) is 57.1 Å². The maximum Gasteiger partial charge on any atom is 0.222 e. The van der Waals surface area contributed by atoms with Crippen LogP contribution in [0.15, 0.2) is 36.0 Å². The second kappa shape index (κ2) is 7.71. The van der Waals surface area contributed by atoms with Crippen molar-refractivity contribution in [3.8, 4) is 11.8 Å². The van der Waals surface area contributed by atoms with Crippen LogP contribution in [0.3, 0.4) is 0 Å². The van der Waals surface area contributed by atoms with E-state index in [0.717, 1.165) is 30.8 Å². The van der Waals surface area contributed by atoms with Crippen molar-refractivity contribution in [2.45, 2.75) is 37.3 Å². The van der Waals surface area contributed by atoms with Crippen molar-refractivity contribution in [3.63, 3.8) is 0 Å². The standard InChI is InChI=1S/C23H23ClN6OS/c1-14-23(7-8-26-13-23)16-4-3-15(5-6-22(2,31)20-27-9-10-32-20)11-18(16)30(14)19-17(24)12-28-21(25)29-19/h3-4,9-12,14,26,31H,7-8,13H2,1-2H3,(H2,25,28,29)/t14-,22+,23-/m1/s1. The van der Waals surface area contributed by atoms with Crippen molar-refractivity contribution in [1.82, 2.24) is 20.3 Å². The van der Waals surface area contributed by atoms with Gasteiger partial charge in [-0.2, -0.15) is 4.98 Å². The maximum absolute atomic E-state index is 10.7. The first kappa shape index (κ1) is 21.2. The third-order valence-electron chi connectivity index (χ3n) is 6.44. The van der Waals surface area contributed by atoms with Crippen molar-refractivity contribution in [1.29, 1.82) is 0 Å². The van der Waals surface area contributed by atoms with Crippen molar-refractivity contribution in [2.75, 3.05) is 23.7 Å². The Bertz CT molecular complexity index is 1230. The Hall–Kier alpha value is -2.70. The lowest BCUT2D eigenvalue weighted by atomic mass is 9.76. The Morgan fingerprint density at radius 3 is 2.97 bits per heavy atom. The Labute approximate surface area is 195 Å². The highest BCUT2D eigenvalue weighted by Crippen LogP contribution is 2.52. The number of nitrogens with one attached hydrogen (secondary N) is 1. The minimum atomic E-state index is -1.32. The minimum absolute atomic E-state index is 0.0588. The van der Waals surface area contributed by atoms with E-state index in [4.69, 9.17) is 17.3 Å². The molecule has 1 spiro atoms. The summed E-state index contributed by atoms with van der Waals surface area (Å²) in [5, 5.41) is 17.1. The molecule has 0 radical (unpaired) electrons. The fourth-order valence-electron chi connectivity index (χ4n) is 4.76. The number of aromatic nitrogens is 3. The lowest BCUT2D eigenvalue weighted by Gasteiger charge is -2.33. The highest BCUT2D eigenvalue weighted by atomic mass is 35.5. The third-order valence-corrected chi connectivity index (χ3v) is 7.69. The molecule has 2 aliphatic heterocycles. The average molecular weight is 467 g/mol. The van der Waals surface area contributed by atoms with Gasteiger partial charge in [-0.25, -0.2) is 9.97 Å². The molecule has 164 valence electrons. The number of nitrogens with two attached hydrogens (primary N) is 1. The summed E-state index contributed by atoms with van der Waals surface area (Å²) in [6.45, 7) is 5.68. The number of nitrogens with zero attached hydrogens (tertiary/aromatic N) is 4. The Kier molecular flexibility index (Phi) is 5.10. The van der Waals surface area contributed by atoms with E-state index in [1.165, 1.54) is 16.9 Å². The fourth-order valence-corrected chi connectivity index (χ4v) is 5.59. The molecule has 3 aromatic rings. The highest BCUT2D eigenvalue weighted by Gasteiger charge is 2.51. The van der Waals surface area contributed by atoms with Crippen molar-refractivity contribution < 1.29 is 5.11 Å². The predicted octanol–water partition coefficient (Wildman–Crippen LogP) is 3.20. The average Bonchev–Trinajstić information content (AvgIpc) is 3.52. The first-order valence-corrected chi connectivity index (χ1v) is 11.7. The molecular formula is C23H23ClN6OS. The highest BCUT2D eigenvalue weighted by molar-refractivity contribution is 7.09. The van der Waals surface area contributed by atoms with E-state index < -0.39 is 5.60 Å². The molecule has 0 unspecified atom stereocenters.